The highest BCUT2D eigenvalue weighted by Crippen LogP contribution is 2.17. The van der Waals surface area contributed by atoms with Gasteiger partial charge in [0.2, 0.25) is 5.88 Å². The third-order valence-electron chi connectivity index (χ3n) is 2.75. The second kappa shape index (κ2) is 9.96. The summed E-state index contributed by atoms with van der Waals surface area (Å²) < 4.78 is 46.2. The van der Waals surface area contributed by atoms with Crippen molar-refractivity contribution in [2.24, 2.45) is 4.99 Å². The summed E-state index contributed by atoms with van der Waals surface area (Å²) in [6, 6.07) is 3.18. The lowest BCUT2D eigenvalue weighted by molar-refractivity contribution is -0.154. The molecule has 0 amide bonds. The molecule has 0 fully saturated rings. The summed E-state index contributed by atoms with van der Waals surface area (Å²) in [7, 11) is 1.61. The molecule has 0 aliphatic carbocycles. The number of guanidine groups is 1. The standard InChI is InChI=1S/C15H23F3N4O2/c1-4-19-14(22-11(2)9-23-3)21-8-12-5-6-20-13(7-12)24-10-15(16,17)18/h5-7,11H,4,8-10H2,1-3H3,(H2,19,21,22). The number of pyridine rings is 1. The number of aromatic nitrogens is 1. The first kappa shape index (κ1) is 20.0. The van der Waals surface area contributed by atoms with Crippen LogP contribution in [0.25, 0.3) is 0 Å². The molecule has 0 saturated carbocycles. The number of alkyl halides is 3. The van der Waals surface area contributed by atoms with Gasteiger partial charge in [-0.3, -0.25) is 0 Å². The van der Waals surface area contributed by atoms with Crippen LogP contribution in [-0.2, 0) is 11.3 Å². The summed E-state index contributed by atoms with van der Waals surface area (Å²) in [5, 5.41) is 6.26. The molecule has 1 aromatic rings. The minimum Gasteiger partial charge on any atom is -0.468 e. The molecule has 0 radical (unpaired) electrons. The second-order valence-electron chi connectivity index (χ2n) is 5.10. The van der Waals surface area contributed by atoms with Gasteiger partial charge in [-0.15, -0.1) is 0 Å². The van der Waals surface area contributed by atoms with Crippen molar-refractivity contribution in [1.29, 1.82) is 0 Å². The molecule has 1 rings (SSSR count). The molecule has 1 aromatic heterocycles. The number of hydrogen-bond acceptors (Lipinski definition) is 4. The first-order chi connectivity index (χ1) is 11.3. The van der Waals surface area contributed by atoms with Crippen LogP contribution in [0, 0.1) is 0 Å². The van der Waals surface area contributed by atoms with Crippen molar-refractivity contribution in [3.8, 4) is 5.88 Å². The van der Waals surface area contributed by atoms with Crippen molar-refractivity contribution in [3.05, 3.63) is 23.9 Å². The summed E-state index contributed by atoms with van der Waals surface area (Å²) in [6.45, 7) is 4.00. The minimum absolute atomic E-state index is 0.0657. The van der Waals surface area contributed by atoms with E-state index in [4.69, 9.17) is 4.74 Å². The van der Waals surface area contributed by atoms with E-state index < -0.39 is 12.8 Å². The SMILES string of the molecule is CCNC(=NCc1ccnc(OCC(F)(F)F)c1)NC(C)COC. The predicted molar refractivity (Wildman–Crippen MR) is 85.1 cm³/mol. The molecule has 0 aromatic carbocycles. The van der Waals surface area contributed by atoms with E-state index >= 15 is 0 Å². The van der Waals surface area contributed by atoms with Gasteiger partial charge in [0.05, 0.1) is 13.2 Å². The van der Waals surface area contributed by atoms with Gasteiger partial charge in [-0.25, -0.2) is 9.98 Å². The van der Waals surface area contributed by atoms with Gasteiger partial charge in [0.15, 0.2) is 12.6 Å². The first-order valence-corrected chi connectivity index (χ1v) is 7.52. The van der Waals surface area contributed by atoms with Gasteiger partial charge >= 0.3 is 6.18 Å². The van der Waals surface area contributed by atoms with Crippen LogP contribution < -0.4 is 15.4 Å². The fraction of sp³-hybridized carbons (Fsp3) is 0.600. The van der Waals surface area contributed by atoms with Gasteiger partial charge in [0.25, 0.3) is 0 Å². The van der Waals surface area contributed by atoms with Gasteiger partial charge in [0.1, 0.15) is 0 Å². The van der Waals surface area contributed by atoms with Crippen molar-refractivity contribution in [2.45, 2.75) is 32.6 Å². The van der Waals surface area contributed by atoms with Gasteiger partial charge in [-0.2, -0.15) is 13.2 Å². The van der Waals surface area contributed by atoms with Gasteiger partial charge in [-0.1, -0.05) is 0 Å². The Morgan fingerprint density at radius 1 is 1.42 bits per heavy atom. The van der Waals surface area contributed by atoms with Crippen LogP contribution in [0.1, 0.15) is 19.4 Å². The second-order valence-corrected chi connectivity index (χ2v) is 5.10. The molecule has 0 aliphatic heterocycles. The largest absolute Gasteiger partial charge is 0.468 e. The highest BCUT2D eigenvalue weighted by Gasteiger charge is 2.28. The molecule has 1 unspecified atom stereocenters. The minimum atomic E-state index is -4.39. The van der Waals surface area contributed by atoms with E-state index in [9.17, 15) is 13.2 Å². The van der Waals surface area contributed by atoms with E-state index in [0.717, 1.165) is 0 Å². The van der Waals surface area contributed by atoms with Crippen LogP contribution in [0.15, 0.2) is 23.3 Å². The lowest BCUT2D eigenvalue weighted by Crippen LogP contribution is -2.43. The van der Waals surface area contributed by atoms with E-state index in [2.05, 4.69) is 25.3 Å². The number of halogens is 3. The normalized spacial score (nSPS) is 13.5. The topological polar surface area (TPSA) is 67.8 Å². The third kappa shape index (κ3) is 8.56. The Balaban J connectivity index is 2.68. The quantitative estimate of drug-likeness (QED) is 0.556. The average Bonchev–Trinajstić information content (AvgIpc) is 2.51. The Morgan fingerprint density at radius 2 is 2.17 bits per heavy atom. The molecule has 1 heterocycles. The summed E-state index contributed by atoms with van der Waals surface area (Å²) in [4.78, 5) is 8.15. The molecule has 0 spiro atoms. The van der Waals surface area contributed by atoms with E-state index in [0.29, 0.717) is 24.7 Å². The number of methoxy groups -OCH3 is 1. The van der Waals surface area contributed by atoms with E-state index in [1.165, 1.54) is 12.3 Å². The lowest BCUT2D eigenvalue weighted by atomic mass is 10.3. The number of nitrogens with zero attached hydrogens (tertiary/aromatic N) is 2. The van der Waals surface area contributed by atoms with Crippen molar-refractivity contribution < 1.29 is 22.6 Å². The maximum absolute atomic E-state index is 12.2. The Hall–Kier alpha value is -2.03. The zero-order chi connectivity index (χ0) is 18.0. The van der Waals surface area contributed by atoms with Crippen LogP contribution in [0.3, 0.4) is 0 Å². The predicted octanol–water partition coefficient (Wildman–Crippen LogP) is 2.11. The molecule has 136 valence electrons. The number of hydrogen-bond donors (Lipinski definition) is 2. The van der Waals surface area contributed by atoms with Crippen LogP contribution in [0.4, 0.5) is 13.2 Å². The summed E-state index contributed by atoms with van der Waals surface area (Å²) >= 11 is 0. The first-order valence-electron chi connectivity index (χ1n) is 7.52. The van der Waals surface area contributed by atoms with Crippen molar-refractivity contribution in [3.63, 3.8) is 0 Å². The maximum Gasteiger partial charge on any atom is 0.422 e. The van der Waals surface area contributed by atoms with Gasteiger partial charge < -0.3 is 20.1 Å². The van der Waals surface area contributed by atoms with Crippen molar-refractivity contribution >= 4 is 5.96 Å². The zero-order valence-electron chi connectivity index (χ0n) is 14.0. The maximum atomic E-state index is 12.2. The summed E-state index contributed by atoms with van der Waals surface area (Å²) in [5.74, 6) is 0.516. The molecule has 0 aliphatic rings. The van der Waals surface area contributed by atoms with Crippen LogP contribution in [-0.4, -0.2) is 50.0 Å². The molecule has 24 heavy (non-hydrogen) atoms. The highest BCUT2D eigenvalue weighted by atomic mass is 19.4. The molecular weight excluding hydrogens is 325 g/mol. The molecule has 2 N–H and O–H groups in total. The van der Waals surface area contributed by atoms with E-state index in [1.807, 2.05) is 13.8 Å². The van der Waals surface area contributed by atoms with Crippen molar-refractivity contribution in [1.82, 2.24) is 15.6 Å². The molecule has 6 nitrogen and oxygen atoms in total. The molecular formula is C15H23F3N4O2. The fourth-order valence-electron chi connectivity index (χ4n) is 1.80. The summed E-state index contributed by atoms with van der Waals surface area (Å²) in [6.07, 6.45) is -3.00. The van der Waals surface area contributed by atoms with Crippen molar-refractivity contribution in [2.75, 3.05) is 26.9 Å². The third-order valence-corrected chi connectivity index (χ3v) is 2.75. The monoisotopic (exact) mass is 348 g/mol. The molecule has 9 heteroatoms. The number of ether oxygens (including phenoxy) is 2. The average molecular weight is 348 g/mol. The molecule has 0 saturated heterocycles. The Bertz CT molecular complexity index is 524. The molecule has 0 bridgehead atoms. The van der Waals surface area contributed by atoms with Gasteiger partial charge in [-0.05, 0) is 25.5 Å². The fourth-order valence-corrected chi connectivity index (χ4v) is 1.80. The van der Waals surface area contributed by atoms with E-state index in [-0.39, 0.29) is 18.5 Å². The summed E-state index contributed by atoms with van der Waals surface area (Å²) in [5.41, 5.74) is 0.693. The van der Waals surface area contributed by atoms with Crippen LogP contribution in [0.5, 0.6) is 5.88 Å². The highest BCUT2D eigenvalue weighted by molar-refractivity contribution is 5.80. The zero-order valence-corrected chi connectivity index (χ0v) is 14.0. The smallest absolute Gasteiger partial charge is 0.422 e. The Morgan fingerprint density at radius 3 is 2.79 bits per heavy atom. The lowest BCUT2D eigenvalue weighted by Gasteiger charge is -2.17. The molecule has 1 atom stereocenters. The number of nitrogens with one attached hydrogen (secondary N) is 2. The Labute approximate surface area is 139 Å². The van der Waals surface area contributed by atoms with Gasteiger partial charge in [0, 0.05) is 32.0 Å². The number of rotatable bonds is 8. The Kier molecular flexibility index (Phi) is 8.31. The van der Waals surface area contributed by atoms with Crippen LogP contribution >= 0.6 is 0 Å². The number of aliphatic imine (C=N–C) groups is 1. The van der Waals surface area contributed by atoms with E-state index in [1.54, 1.807) is 13.2 Å². The van der Waals surface area contributed by atoms with Crippen LogP contribution in [0.2, 0.25) is 0 Å².